The molecule has 1 heterocycles. The van der Waals surface area contributed by atoms with Gasteiger partial charge in [0, 0.05) is 12.8 Å². The Morgan fingerprint density at radius 1 is 1.38 bits per heavy atom. The Bertz CT molecular complexity index is 252. The van der Waals surface area contributed by atoms with Crippen LogP contribution in [-0.4, -0.2) is 18.4 Å². The summed E-state index contributed by atoms with van der Waals surface area (Å²) < 4.78 is 11.1. The maximum absolute atomic E-state index is 11.0. The molecule has 0 radical (unpaired) electrons. The van der Waals surface area contributed by atoms with Crippen molar-refractivity contribution >= 4 is 5.97 Å². The molecule has 2 unspecified atom stereocenters. The first-order valence-electron chi connectivity index (χ1n) is 6.04. The van der Waals surface area contributed by atoms with Crippen LogP contribution in [0.2, 0.25) is 0 Å². The van der Waals surface area contributed by atoms with E-state index in [2.05, 4.69) is 34.6 Å². The standard InChI is InChI=1S/C13H24O3/c1-8(2)11-7-10(13(4,5)6)12(16-11)15-9(3)14/h8,10-12H,7H2,1-6H3/t10?,11-,12?/m0/s1. The monoisotopic (exact) mass is 228 g/mol. The van der Waals surface area contributed by atoms with Crippen molar-refractivity contribution in [2.45, 2.75) is 60.4 Å². The Morgan fingerprint density at radius 2 is 1.94 bits per heavy atom. The van der Waals surface area contributed by atoms with Crippen molar-refractivity contribution in [3.8, 4) is 0 Å². The van der Waals surface area contributed by atoms with Crippen LogP contribution in [0.25, 0.3) is 0 Å². The lowest BCUT2D eigenvalue weighted by Crippen LogP contribution is -2.31. The first-order chi connectivity index (χ1) is 7.21. The Hall–Kier alpha value is -0.570. The summed E-state index contributed by atoms with van der Waals surface area (Å²) in [6.45, 7) is 12.2. The quantitative estimate of drug-likeness (QED) is 0.682. The molecule has 1 fully saturated rings. The smallest absolute Gasteiger partial charge is 0.304 e. The van der Waals surface area contributed by atoms with E-state index < -0.39 is 0 Å². The molecule has 16 heavy (non-hydrogen) atoms. The van der Waals surface area contributed by atoms with Crippen LogP contribution in [0.5, 0.6) is 0 Å². The molecular formula is C13H24O3. The fraction of sp³-hybridized carbons (Fsp3) is 0.923. The Labute approximate surface area is 98.5 Å². The summed E-state index contributed by atoms with van der Waals surface area (Å²) in [6, 6.07) is 0. The average Bonchev–Trinajstić information content (AvgIpc) is 2.45. The van der Waals surface area contributed by atoms with Crippen molar-refractivity contribution in [1.82, 2.24) is 0 Å². The van der Waals surface area contributed by atoms with E-state index in [9.17, 15) is 4.79 Å². The summed E-state index contributed by atoms with van der Waals surface area (Å²) in [5, 5.41) is 0. The van der Waals surface area contributed by atoms with E-state index in [-0.39, 0.29) is 29.7 Å². The highest BCUT2D eigenvalue weighted by Gasteiger charge is 2.44. The molecule has 3 atom stereocenters. The van der Waals surface area contributed by atoms with E-state index in [0.717, 1.165) is 6.42 Å². The molecule has 1 aliphatic rings. The second kappa shape index (κ2) is 4.74. The van der Waals surface area contributed by atoms with Gasteiger partial charge in [0.1, 0.15) is 0 Å². The molecule has 0 aliphatic carbocycles. The van der Waals surface area contributed by atoms with Crippen molar-refractivity contribution in [2.75, 3.05) is 0 Å². The van der Waals surface area contributed by atoms with Crippen LogP contribution in [0.4, 0.5) is 0 Å². The van der Waals surface area contributed by atoms with Gasteiger partial charge in [0.2, 0.25) is 6.29 Å². The minimum Gasteiger partial charge on any atom is -0.436 e. The van der Waals surface area contributed by atoms with E-state index in [1.807, 2.05) is 0 Å². The van der Waals surface area contributed by atoms with Gasteiger partial charge in [-0.05, 0) is 17.8 Å². The van der Waals surface area contributed by atoms with Crippen LogP contribution < -0.4 is 0 Å². The van der Waals surface area contributed by atoms with E-state index in [4.69, 9.17) is 9.47 Å². The van der Waals surface area contributed by atoms with Crippen LogP contribution in [0.3, 0.4) is 0 Å². The summed E-state index contributed by atoms with van der Waals surface area (Å²) in [5.41, 5.74) is 0.101. The highest BCUT2D eigenvalue weighted by molar-refractivity contribution is 5.66. The largest absolute Gasteiger partial charge is 0.436 e. The van der Waals surface area contributed by atoms with Gasteiger partial charge in [0.15, 0.2) is 0 Å². The molecule has 0 aromatic carbocycles. The normalized spacial score (nSPS) is 30.8. The molecule has 3 heteroatoms. The maximum Gasteiger partial charge on any atom is 0.304 e. The zero-order valence-corrected chi connectivity index (χ0v) is 11.2. The highest BCUT2D eigenvalue weighted by Crippen LogP contribution is 2.42. The molecule has 0 aromatic heterocycles. The van der Waals surface area contributed by atoms with Gasteiger partial charge in [-0.25, -0.2) is 0 Å². The highest BCUT2D eigenvalue weighted by atomic mass is 16.7. The lowest BCUT2D eigenvalue weighted by atomic mass is 9.77. The van der Waals surface area contributed by atoms with Gasteiger partial charge < -0.3 is 9.47 Å². The maximum atomic E-state index is 11.0. The number of carbonyl (C=O) groups is 1. The first kappa shape index (κ1) is 13.5. The van der Waals surface area contributed by atoms with Crippen LogP contribution in [0.15, 0.2) is 0 Å². The SMILES string of the molecule is CC(=O)OC1O[C@H](C(C)C)CC1C(C)(C)C. The molecule has 1 rings (SSSR count). The van der Waals surface area contributed by atoms with Gasteiger partial charge in [0.05, 0.1) is 6.10 Å². The topological polar surface area (TPSA) is 35.5 Å². The second-order valence-electron chi connectivity index (χ2n) is 6.10. The molecule has 3 nitrogen and oxygen atoms in total. The van der Waals surface area contributed by atoms with Gasteiger partial charge in [-0.2, -0.15) is 0 Å². The van der Waals surface area contributed by atoms with Gasteiger partial charge >= 0.3 is 5.97 Å². The summed E-state index contributed by atoms with van der Waals surface area (Å²) in [4.78, 5) is 11.0. The van der Waals surface area contributed by atoms with E-state index in [0.29, 0.717) is 5.92 Å². The van der Waals surface area contributed by atoms with Crippen LogP contribution in [0, 0.1) is 17.3 Å². The number of hydrogen-bond donors (Lipinski definition) is 0. The summed E-state index contributed by atoms with van der Waals surface area (Å²) in [7, 11) is 0. The molecule has 1 saturated heterocycles. The molecule has 0 aromatic rings. The molecule has 0 amide bonds. The molecule has 0 bridgehead atoms. The summed E-state index contributed by atoms with van der Waals surface area (Å²) >= 11 is 0. The molecule has 0 spiro atoms. The zero-order chi connectivity index (χ0) is 12.5. The van der Waals surface area contributed by atoms with Gasteiger partial charge in [-0.15, -0.1) is 0 Å². The minimum atomic E-state index is -0.370. The van der Waals surface area contributed by atoms with Crippen LogP contribution in [-0.2, 0) is 14.3 Å². The van der Waals surface area contributed by atoms with Crippen molar-refractivity contribution in [1.29, 1.82) is 0 Å². The van der Waals surface area contributed by atoms with Crippen molar-refractivity contribution < 1.29 is 14.3 Å². The lowest BCUT2D eigenvalue weighted by Gasteiger charge is -2.29. The van der Waals surface area contributed by atoms with Crippen molar-refractivity contribution in [3.05, 3.63) is 0 Å². The van der Waals surface area contributed by atoms with Crippen LogP contribution in [0.1, 0.15) is 48.0 Å². The molecular weight excluding hydrogens is 204 g/mol. The molecule has 0 N–H and O–H groups in total. The molecule has 94 valence electrons. The molecule has 1 aliphatic heterocycles. The summed E-state index contributed by atoms with van der Waals surface area (Å²) in [5.74, 6) is 0.484. The lowest BCUT2D eigenvalue weighted by molar-refractivity contribution is -0.186. The fourth-order valence-electron chi connectivity index (χ4n) is 2.15. The van der Waals surface area contributed by atoms with Gasteiger partial charge in [0.25, 0.3) is 0 Å². The zero-order valence-electron chi connectivity index (χ0n) is 11.2. The predicted octanol–water partition coefficient (Wildman–Crippen LogP) is 2.98. The van der Waals surface area contributed by atoms with Gasteiger partial charge in [-0.1, -0.05) is 34.6 Å². The Morgan fingerprint density at radius 3 is 2.31 bits per heavy atom. The fourth-order valence-corrected chi connectivity index (χ4v) is 2.15. The number of rotatable bonds is 2. The van der Waals surface area contributed by atoms with E-state index in [1.54, 1.807) is 0 Å². The number of hydrogen-bond acceptors (Lipinski definition) is 3. The van der Waals surface area contributed by atoms with Gasteiger partial charge in [-0.3, -0.25) is 4.79 Å². The number of ether oxygens (including phenoxy) is 2. The van der Waals surface area contributed by atoms with E-state index >= 15 is 0 Å². The predicted molar refractivity (Wildman–Crippen MR) is 62.8 cm³/mol. The first-order valence-corrected chi connectivity index (χ1v) is 6.04. The second-order valence-corrected chi connectivity index (χ2v) is 6.10. The number of esters is 1. The van der Waals surface area contributed by atoms with Crippen molar-refractivity contribution in [2.24, 2.45) is 17.3 Å². The Kier molecular flexibility index (Phi) is 4.00. The third-order valence-corrected chi connectivity index (χ3v) is 3.26. The minimum absolute atomic E-state index is 0.101. The van der Waals surface area contributed by atoms with E-state index in [1.165, 1.54) is 6.92 Å². The third-order valence-electron chi connectivity index (χ3n) is 3.26. The average molecular weight is 228 g/mol. The third kappa shape index (κ3) is 3.21. The van der Waals surface area contributed by atoms with Crippen molar-refractivity contribution in [3.63, 3.8) is 0 Å². The Balaban J connectivity index is 2.75. The number of carbonyl (C=O) groups excluding carboxylic acids is 1. The molecule has 0 saturated carbocycles. The summed E-state index contributed by atoms with van der Waals surface area (Å²) in [6.07, 6.45) is 0.803. The van der Waals surface area contributed by atoms with Crippen LogP contribution >= 0.6 is 0 Å².